The normalized spacial score (nSPS) is 17.3. The van der Waals surface area contributed by atoms with Crippen molar-refractivity contribution < 1.29 is 9.53 Å². The SMILES string of the molecule is CC=CCCC(C(=O)OC=Cc1ccccc1)C1CCCC1. The lowest BCUT2D eigenvalue weighted by Gasteiger charge is -2.20. The second-order valence-corrected chi connectivity index (χ2v) is 5.95. The minimum atomic E-state index is -0.0661. The Labute approximate surface area is 133 Å². The highest BCUT2D eigenvalue weighted by Crippen LogP contribution is 2.34. The number of rotatable bonds is 7. The number of benzene rings is 1. The van der Waals surface area contributed by atoms with Crippen molar-refractivity contribution in [2.75, 3.05) is 0 Å². The van der Waals surface area contributed by atoms with Crippen LogP contribution < -0.4 is 0 Å². The summed E-state index contributed by atoms with van der Waals surface area (Å²) in [5.74, 6) is 0.477. The van der Waals surface area contributed by atoms with Crippen LogP contribution in [0.15, 0.2) is 48.7 Å². The summed E-state index contributed by atoms with van der Waals surface area (Å²) in [6.45, 7) is 2.02. The third kappa shape index (κ3) is 5.18. The van der Waals surface area contributed by atoms with E-state index in [2.05, 4.69) is 6.08 Å². The van der Waals surface area contributed by atoms with Crippen LogP contribution in [-0.4, -0.2) is 5.97 Å². The Morgan fingerprint density at radius 3 is 2.68 bits per heavy atom. The van der Waals surface area contributed by atoms with Gasteiger partial charge >= 0.3 is 5.97 Å². The summed E-state index contributed by atoms with van der Waals surface area (Å²) in [7, 11) is 0. The van der Waals surface area contributed by atoms with Gasteiger partial charge in [0.25, 0.3) is 0 Å². The van der Waals surface area contributed by atoms with Gasteiger partial charge in [-0.1, -0.05) is 55.3 Å². The van der Waals surface area contributed by atoms with E-state index in [9.17, 15) is 4.79 Å². The predicted molar refractivity (Wildman–Crippen MR) is 91.1 cm³/mol. The van der Waals surface area contributed by atoms with Crippen LogP contribution in [0.25, 0.3) is 6.08 Å². The minimum absolute atomic E-state index is 0.0409. The average Bonchev–Trinajstić information content (AvgIpc) is 3.06. The van der Waals surface area contributed by atoms with E-state index in [0.29, 0.717) is 5.92 Å². The smallest absolute Gasteiger partial charge is 0.314 e. The Bertz CT molecular complexity index is 496. The Kier molecular flexibility index (Phi) is 6.95. The van der Waals surface area contributed by atoms with Crippen molar-refractivity contribution in [2.24, 2.45) is 11.8 Å². The molecule has 0 amide bonds. The monoisotopic (exact) mass is 298 g/mol. The number of carbonyl (C=O) groups excluding carboxylic acids is 1. The molecular weight excluding hydrogens is 272 g/mol. The fourth-order valence-electron chi connectivity index (χ4n) is 3.18. The molecule has 1 aromatic carbocycles. The molecular formula is C20H26O2. The van der Waals surface area contributed by atoms with Crippen molar-refractivity contribution in [3.8, 4) is 0 Å². The van der Waals surface area contributed by atoms with E-state index < -0.39 is 0 Å². The zero-order valence-electron chi connectivity index (χ0n) is 13.4. The molecule has 1 aliphatic rings. The van der Waals surface area contributed by atoms with Crippen molar-refractivity contribution >= 4 is 12.0 Å². The lowest BCUT2D eigenvalue weighted by molar-refractivity contribution is -0.144. The molecule has 1 atom stereocenters. The van der Waals surface area contributed by atoms with Crippen molar-refractivity contribution in [1.82, 2.24) is 0 Å². The second kappa shape index (κ2) is 9.24. The third-order valence-corrected chi connectivity index (χ3v) is 4.40. The van der Waals surface area contributed by atoms with Gasteiger partial charge in [-0.05, 0) is 50.2 Å². The van der Waals surface area contributed by atoms with Gasteiger partial charge in [0.1, 0.15) is 0 Å². The maximum absolute atomic E-state index is 12.4. The quantitative estimate of drug-likeness (QED) is 0.384. The van der Waals surface area contributed by atoms with E-state index in [1.807, 2.05) is 49.4 Å². The van der Waals surface area contributed by atoms with Gasteiger partial charge in [-0.3, -0.25) is 4.79 Å². The molecule has 1 fully saturated rings. The van der Waals surface area contributed by atoms with Gasteiger partial charge in [0, 0.05) is 0 Å². The van der Waals surface area contributed by atoms with E-state index in [1.54, 1.807) is 0 Å². The summed E-state index contributed by atoms with van der Waals surface area (Å²) in [4.78, 5) is 12.4. The van der Waals surface area contributed by atoms with Crippen LogP contribution in [0.5, 0.6) is 0 Å². The molecule has 1 saturated carbocycles. The van der Waals surface area contributed by atoms with Crippen molar-refractivity contribution in [3.05, 3.63) is 54.3 Å². The Morgan fingerprint density at radius 2 is 2.00 bits per heavy atom. The summed E-state index contributed by atoms with van der Waals surface area (Å²) in [6, 6.07) is 9.90. The van der Waals surface area contributed by atoms with Crippen LogP contribution in [0.4, 0.5) is 0 Å². The lowest BCUT2D eigenvalue weighted by Crippen LogP contribution is -2.23. The highest BCUT2D eigenvalue weighted by molar-refractivity contribution is 5.74. The summed E-state index contributed by atoms with van der Waals surface area (Å²) in [5, 5.41) is 0. The Balaban J connectivity index is 1.91. The molecule has 0 aromatic heterocycles. The number of hydrogen-bond donors (Lipinski definition) is 0. The van der Waals surface area contributed by atoms with Gasteiger partial charge in [0.2, 0.25) is 0 Å². The number of ether oxygens (including phenoxy) is 1. The lowest BCUT2D eigenvalue weighted by atomic mass is 9.87. The maximum atomic E-state index is 12.4. The van der Waals surface area contributed by atoms with Crippen molar-refractivity contribution in [1.29, 1.82) is 0 Å². The van der Waals surface area contributed by atoms with Gasteiger partial charge in [0.05, 0.1) is 12.2 Å². The molecule has 0 radical (unpaired) electrons. The van der Waals surface area contributed by atoms with E-state index in [-0.39, 0.29) is 11.9 Å². The van der Waals surface area contributed by atoms with Crippen LogP contribution >= 0.6 is 0 Å². The summed E-state index contributed by atoms with van der Waals surface area (Å²) >= 11 is 0. The Hall–Kier alpha value is -1.83. The number of hydrogen-bond acceptors (Lipinski definition) is 2. The molecule has 0 spiro atoms. The topological polar surface area (TPSA) is 26.3 Å². The first-order valence-corrected chi connectivity index (χ1v) is 8.34. The molecule has 0 saturated heterocycles. The van der Waals surface area contributed by atoms with Crippen LogP contribution in [0.3, 0.4) is 0 Å². The molecule has 0 heterocycles. The predicted octanol–water partition coefficient (Wildman–Crippen LogP) is 5.36. The van der Waals surface area contributed by atoms with Gasteiger partial charge in [-0.2, -0.15) is 0 Å². The average molecular weight is 298 g/mol. The molecule has 1 aromatic rings. The zero-order valence-corrected chi connectivity index (χ0v) is 13.4. The van der Waals surface area contributed by atoms with Crippen LogP contribution in [0, 0.1) is 11.8 Å². The summed E-state index contributed by atoms with van der Waals surface area (Å²) in [5.41, 5.74) is 1.04. The standard InChI is InChI=1S/C20H26O2/c1-2-3-5-14-19(18-12-8-9-13-18)20(21)22-16-15-17-10-6-4-7-11-17/h2-4,6-7,10-11,15-16,18-19H,5,8-9,12-14H2,1H3. The number of carbonyl (C=O) groups is 1. The molecule has 0 aliphatic heterocycles. The van der Waals surface area contributed by atoms with Gasteiger partial charge in [-0.25, -0.2) is 0 Å². The zero-order chi connectivity index (χ0) is 15.6. The first-order chi connectivity index (χ1) is 10.8. The summed E-state index contributed by atoms with van der Waals surface area (Å²) in [6.07, 6.45) is 14.2. The fraction of sp³-hybridized carbons (Fsp3) is 0.450. The highest BCUT2D eigenvalue weighted by atomic mass is 16.5. The van der Waals surface area contributed by atoms with Gasteiger partial charge in [0.15, 0.2) is 0 Å². The first-order valence-electron chi connectivity index (χ1n) is 8.34. The van der Waals surface area contributed by atoms with E-state index in [0.717, 1.165) is 31.2 Å². The fourth-order valence-corrected chi connectivity index (χ4v) is 3.18. The van der Waals surface area contributed by atoms with E-state index >= 15 is 0 Å². The number of esters is 1. The first kappa shape index (κ1) is 16.5. The minimum Gasteiger partial charge on any atom is -0.434 e. The molecule has 2 rings (SSSR count). The van der Waals surface area contributed by atoms with Crippen LogP contribution in [0.2, 0.25) is 0 Å². The van der Waals surface area contributed by atoms with E-state index in [4.69, 9.17) is 4.74 Å². The molecule has 2 heteroatoms. The van der Waals surface area contributed by atoms with Crippen molar-refractivity contribution in [2.45, 2.75) is 45.4 Å². The molecule has 118 valence electrons. The van der Waals surface area contributed by atoms with Gasteiger partial charge in [-0.15, -0.1) is 0 Å². The summed E-state index contributed by atoms with van der Waals surface area (Å²) < 4.78 is 5.41. The molecule has 1 aliphatic carbocycles. The van der Waals surface area contributed by atoms with Crippen molar-refractivity contribution in [3.63, 3.8) is 0 Å². The molecule has 0 N–H and O–H groups in total. The molecule has 2 nitrogen and oxygen atoms in total. The third-order valence-electron chi connectivity index (χ3n) is 4.40. The largest absolute Gasteiger partial charge is 0.434 e. The molecule has 1 unspecified atom stereocenters. The maximum Gasteiger partial charge on any atom is 0.314 e. The highest BCUT2D eigenvalue weighted by Gasteiger charge is 2.30. The number of allylic oxidation sites excluding steroid dienone is 2. The van der Waals surface area contributed by atoms with Crippen LogP contribution in [0.1, 0.15) is 51.0 Å². The van der Waals surface area contributed by atoms with Crippen LogP contribution in [-0.2, 0) is 9.53 Å². The second-order valence-electron chi connectivity index (χ2n) is 5.95. The molecule has 0 bridgehead atoms. The Morgan fingerprint density at radius 1 is 1.27 bits per heavy atom. The molecule has 22 heavy (non-hydrogen) atoms. The van der Waals surface area contributed by atoms with Gasteiger partial charge < -0.3 is 4.74 Å². The van der Waals surface area contributed by atoms with E-state index in [1.165, 1.54) is 19.1 Å².